The molecule has 1 unspecified atom stereocenters. The van der Waals surface area contributed by atoms with Crippen LogP contribution in [0.4, 0.5) is 0 Å². The molecule has 0 aliphatic carbocycles. The van der Waals surface area contributed by atoms with Crippen LogP contribution in [0.25, 0.3) is 0 Å². The molecule has 0 spiro atoms. The zero-order valence-electron chi connectivity index (χ0n) is 12.1. The van der Waals surface area contributed by atoms with Crippen LogP contribution in [0.15, 0.2) is 24.3 Å². The molecule has 0 saturated carbocycles. The van der Waals surface area contributed by atoms with Gasteiger partial charge < -0.3 is 15.3 Å². The quantitative estimate of drug-likeness (QED) is 0.849. The van der Waals surface area contributed by atoms with Crippen LogP contribution in [0.5, 0.6) is 0 Å². The van der Waals surface area contributed by atoms with Crippen LogP contribution in [0, 0.1) is 5.92 Å². The Morgan fingerprint density at radius 1 is 1.40 bits per heavy atom. The molecule has 4 heteroatoms. The summed E-state index contributed by atoms with van der Waals surface area (Å²) in [6.45, 7) is 6.44. The number of hydrogen-bond donors (Lipinski definition) is 2. The predicted molar refractivity (Wildman–Crippen MR) is 77.3 cm³/mol. The molecule has 1 aromatic carbocycles. The summed E-state index contributed by atoms with van der Waals surface area (Å²) in [7, 11) is 0. The lowest BCUT2D eigenvalue weighted by molar-refractivity contribution is -0.165. The molecule has 1 saturated heterocycles. The molecule has 1 aromatic rings. The van der Waals surface area contributed by atoms with Gasteiger partial charge in [0, 0.05) is 13.1 Å². The van der Waals surface area contributed by atoms with Crippen LogP contribution in [-0.2, 0) is 11.3 Å². The van der Waals surface area contributed by atoms with Gasteiger partial charge in [0.2, 0.25) is 5.91 Å². The molecule has 2 aliphatic rings. The summed E-state index contributed by atoms with van der Waals surface area (Å²) in [5.41, 5.74) is 1.64. The Hall–Kier alpha value is -1.39. The van der Waals surface area contributed by atoms with Crippen LogP contribution in [0.2, 0.25) is 0 Å². The summed E-state index contributed by atoms with van der Waals surface area (Å²) >= 11 is 0. The van der Waals surface area contributed by atoms with E-state index in [0.29, 0.717) is 19.6 Å². The third-order valence-corrected chi connectivity index (χ3v) is 4.71. The fraction of sp³-hybridized carbons (Fsp3) is 0.562. The van der Waals surface area contributed by atoms with Crippen molar-refractivity contribution in [2.45, 2.75) is 31.9 Å². The van der Waals surface area contributed by atoms with Gasteiger partial charge in [-0.3, -0.25) is 4.79 Å². The van der Waals surface area contributed by atoms with Gasteiger partial charge in [0.15, 0.2) is 0 Å². The van der Waals surface area contributed by atoms with Gasteiger partial charge in [0.25, 0.3) is 0 Å². The molecule has 1 amide bonds. The largest absolute Gasteiger partial charge is 0.386 e. The van der Waals surface area contributed by atoms with E-state index in [1.54, 1.807) is 4.90 Å². The molecule has 0 radical (unpaired) electrons. The number of aliphatic hydroxyl groups is 1. The predicted octanol–water partition coefficient (Wildman–Crippen LogP) is 1.10. The second kappa shape index (κ2) is 4.86. The molecule has 20 heavy (non-hydrogen) atoms. The molecule has 0 bridgehead atoms. The van der Waals surface area contributed by atoms with Gasteiger partial charge in [-0.2, -0.15) is 0 Å². The van der Waals surface area contributed by atoms with Crippen molar-refractivity contribution in [2.24, 2.45) is 5.92 Å². The second-order valence-corrected chi connectivity index (χ2v) is 6.33. The maximum atomic E-state index is 12.6. The zero-order chi connectivity index (χ0) is 14.3. The highest BCUT2D eigenvalue weighted by atomic mass is 16.3. The summed E-state index contributed by atoms with van der Waals surface area (Å²) < 4.78 is 0. The molecule has 4 nitrogen and oxygen atoms in total. The number of fused-ring (bicyclic) bond motifs is 1. The Labute approximate surface area is 119 Å². The second-order valence-electron chi connectivity index (χ2n) is 6.33. The Balaban J connectivity index is 1.74. The van der Waals surface area contributed by atoms with E-state index in [9.17, 15) is 9.90 Å². The van der Waals surface area contributed by atoms with E-state index in [2.05, 4.69) is 11.4 Å². The number of benzene rings is 1. The minimum atomic E-state index is -0.697. The van der Waals surface area contributed by atoms with E-state index in [0.717, 1.165) is 12.1 Å². The minimum Gasteiger partial charge on any atom is -0.386 e. The van der Waals surface area contributed by atoms with Gasteiger partial charge in [-0.1, -0.05) is 38.1 Å². The average Bonchev–Trinajstić information content (AvgIpc) is 2.42. The maximum Gasteiger partial charge on any atom is 0.231 e. The first-order chi connectivity index (χ1) is 9.51. The summed E-state index contributed by atoms with van der Waals surface area (Å²) in [4.78, 5) is 14.4. The van der Waals surface area contributed by atoms with Crippen molar-refractivity contribution in [3.63, 3.8) is 0 Å². The molecule has 3 rings (SSSR count). The lowest BCUT2D eigenvalue weighted by atomic mass is 9.81. The first kappa shape index (κ1) is 13.6. The summed E-state index contributed by atoms with van der Waals surface area (Å²) in [6.07, 6.45) is 0. The number of hydrogen-bond acceptors (Lipinski definition) is 3. The number of carbonyl (C=O) groups is 1. The monoisotopic (exact) mass is 274 g/mol. The van der Waals surface area contributed by atoms with Crippen LogP contribution >= 0.6 is 0 Å². The number of nitrogens with zero attached hydrogens (tertiary/aromatic N) is 1. The SMILES string of the molecule is CC(C)C1(O)CN(C(=O)C2CNCc3ccccc32)C1. The van der Waals surface area contributed by atoms with Gasteiger partial charge in [0.1, 0.15) is 5.60 Å². The molecule has 2 N–H and O–H groups in total. The van der Waals surface area contributed by atoms with E-state index >= 15 is 0 Å². The molecule has 2 aliphatic heterocycles. The van der Waals surface area contributed by atoms with E-state index < -0.39 is 5.60 Å². The molecular formula is C16H22N2O2. The number of β-amino-alcohol motifs (C(OH)–C–C–N with tert-alkyl or cyclic N) is 1. The Morgan fingerprint density at radius 2 is 2.10 bits per heavy atom. The topological polar surface area (TPSA) is 52.6 Å². The van der Waals surface area contributed by atoms with Gasteiger partial charge >= 0.3 is 0 Å². The lowest BCUT2D eigenvalue weighted by Gasteiger charge is -2.50. The van der Waals surface area contributed by atoms with Gasteiger partial charge in [-0.15, -0.1) is 0 Å². The van der Waals surface area contributed by atoms with E-state index in [-0.39, 0.29) is 17.7 Å². The fourth-order valence-corrected chi connectivity index (χ4v) is 3.07. The first-order valence-corrected chi connectivity index (χ1v) is 7.31. The van der Waals surface area contributed by atoms with Crippen molar-refractivity contribution in [1.29, 1.82) is 0 Å². The lowest BCUT2D eigenvalue weighted by Crippen LogP contribution is -2.67. The normalized spacial score (nSPS) is 24.2. The molecule has 0 aromatic heterocycles. The van der Waals surface area contributed by atoms with Gasteiger partial charge in [-0.25, -0.2) is 0 Å². The van der Waals surface area contributed by atoms with Crippen LogP contribution in [-0.4, -0.2) is 41.1 Å². The van der Waals surface area contributed by atoms with Crippen molar-refractivity contribution in [2.75, 3.05) is 19.6 Å². The highest BCUT2D eigenvalue weighted by Crippen LogP contribution is 2.33. The maximum absolute atomic E-state index is 12.6. The van der Waals surface area contributed by atoms with Crippen LogP contribution in [0.3, 0.4) is 0 Å². The number of carbonyl (C=O) groups excluding carboxylic acids is 1. The highest BCUT2D eigenvalue weighted by molar-refractivity contribution is 5.85. The number of likely N-dealkylation sites (tertiary alicyclic amines) is 1. The third kappa shape index (κ3) is 2.13. The number of rotatable bonds is 2. The fourth-order valence-electron chi connectivity index (χ4n) is 3.07. The molecule has 108 valence electrons. The molecular weight excluding hydrogens is 252 g/mol. The van der Waals surface area contributed by atoms with Crippen molar-refractivity contribution in [3.05, 3.63) is 35.4 Å². The van der Waals surface area contributed by atoms with E-state index in [4.69, 9.17) is 0 Å². The molecule has 2 heterocycles. The van der Waals surface area contributed by atoms with Crippen molar-refractivity contribution >= 4 is 5.91 Å². The van der Waals surface area contributed by atoms with Gasteiger partial charge in [-0.05, 0) is 17.0 Å². The standard InChI is InChI=1S/C16H22N2O2/c1-11(2)16(20)9-18(10-16)15(19)14-8-17-7-12-5-3-4-6-13(12)14/h3-6,11,14,17,20H,7-10H2,1-2H3. The third-order valence-electron chi connectivity index (χ3n) is 4.71. The first-order valence-electron chi connectivity index (χ1n) is 7.31. The summed E-state index contributed by atoms with van der Waals surface area (Å²) in [6, 6.07) is 8.12. The smallest absolute Gasteiger partial charge is 0.231 e. The van der Waals surface area contributed by atoms with E-state index in [1.165, 1.54) is 5.56 Å². The summed E-state index contributed by atoms with van der Waals surface area (Å²) in [5, 5.41) is 13.6. The average molecular weight is 274 g/mol. The highest BCUT2D eigenvalue weighted by Gasteiger charge is 2.47. The van der Waals surface area contributed by atoms with Crippen LogP contribution < -0.4 is 5.32 Å². The summed E-state index contributed by atoms with van der Waals surface area (Å²) in [5.74, 6) is 0.204. The Bertz CT molecular complexity index is 521. The molecule has 1 atom stereocenters. The van der Waals surface area contributed by atoms with Gasteiger partial charge in [0.05, 0.1) is 19.0 Å². The van der Waals surface area contributed by atoms with Crippen LogP contribution in [0.1, 0.15) is 30.9 Å². The van der Waals surface area contributed by atoms with E-state index in [1.807, 2.05) is 32.0 Å². The zero-order valence-corrected chi connectivity index (χ0v) is 12.1. The number of nitrogens with one attached hydrogen (secondary N) is 1. The Morgan fingerprint density at radius 3 is 2.80 bits per heavy atom. The number of amides is 1. The molecule has 1 fully saturated rings. The van der Waals surface area contributed by atoms with Crippen molar-refractivity contribution in [1.82, 2.24) is 10.2 Å². The minimum absolute atomic E-state index is 0.114. The van der Waals surface area contributed by atoms with Crippen molar-refractivity contribution < 1.29 is 9.90 Å². The van der Waals surface area contributed by atoms with Crippen molar-refractivity contribution in [3.8, 4) is 0 Å². The Kier molecular flexibility index (Phi) is 3.30.